The fourth-order valence-electron chi connectivity index (χ4n) is 2.16. The Hall–Kier alpha value is -0.810. The van der Waals surface area contributed by atoms with Gasteiger partial charge in [-0.3, -0.25) is 5.32 Å². The molecule has 0 aliphatic carbocycles. The van der Waals surface area contributed by atoms with Crippen molar-refractivity contribution in [3.05, 3.63) is 0 Å². The van der Waals surface area contributed by atoms with E-state index in [9.17, 15) is 4.79 Å². The zero-order valence-electron chi connectivity index (χ0n) is 12.2. The van der Waals surface area contributed by atoms with Crippen LogP contribution >= 0.6 is 0 Å². The first-order valence-corrected chi connectivity index (χ1v) is 7.37. The first kappa shape index (κ1) is 16.2. The fraction of sp³-hybridized carbons (Fsp3) is 0.929. The number of unbranched alkanes of at least 4 members (excludes halogenated alkanes) is 6. The number of amides is 1. The molecular formula is C14H27NO4. The Morgan fingerprint density at radius 2 is 1.89 bits per heavy atom. The number of rotatable bonds is 9. The maximum Gasteiger partial charge on any atom is 0.410 e. The molecule has 0 radical (unpaired) electrons. The lowest BCUT2D eigenvalue weighted by Crippen LogP contribution is -2.35. The molecule has 1 heterocycles. The molecule has 0 spiro atoms. The number of hydrogen-bond donors (Lipinski definition) is 1. The molecular weight excluding hydrogens is 246 g/mol. The lowest BCUT2D eigenvalue weighted by atomic mass is 10.1. The van der Waals surface area contributed by atoms with Gasteiger partial charge >= 0.3 is 6.09 Å². The normalized spacial score (nSPS) is 22.4. The summed E-state index contributed by atoms with van der Waals surface area (Å²) in [5, 5.41) is 2.48. The van der Waals surface area contributed by atoms with Gasteiger partial charge in [-0.05, 0) is 6.42 Å². The highest BCUT2D eigenvalue weighted by molar-refractivity contribution is 5.66. The summed E-state index contributed by atoms with van der Waals surface area (Å²) in [5.74, 6) is 0. The van der Waals surface area contributed by atoms with Crippen LogP contribution in [0.1, 0.15) is 58.3 Å². The Bertz CT molecular complexity index is 248. The van der Waals surface area contributed by atoms with Gasteiger partial charge in [0.2, 0.25) is 6.41 Å². The lowest BCUT2D eigenvalue weighted by Gasteiger charge is -2.11. The Morgan fingerprint density at radius 1 is 1.21 bits per heavy atom. The van der Waals surface area contributed by atoms with Crippen molar-refractivity contribution >= 4 is 6.09 Å². The molecule has 1 aliphatic rings. The molecule has 1 amide bonds. The minimum Gasteiger partial charge on any atom is -0.453 e. The minimum atomic E-state index is -0.651. The van der Waals surface area contributed by atoms with Crippen molar-refractivity contribution in [3.63, 3.8) is 0 Å². The van der Waals surface area contributed by atoms with Crippen LogP contribution in [-0.4, -0.2) is 32.3 Å². The third kappa shape index (κ3) is 7.38. The number of carbonyl (C=O) groups excluding carboxylic acids is 1. The Labute approximate surface area is 116 Å². The van der Waals surface area contributed by atoms with Crippen molar-refractivity contribution in [1.29, 1.82) is 0 Å². The molecule has 0 unspecified atom stereocenters. The smallest absolute Gasteiger partial charge is 0.410 e. The van der Waals surface area contributed by atoms with Crippen molar-refractivity contribution in [1.82, 2.24) is 5.32 Å². The molecule has 1 aliphatic heterocycles. The average Bonchev–Trinajstić information content (AvgIpc) is 2.85. The van der Waals surface area contributed by atoms with Crippen LogP contribution in [0.2, 0.25) is 0 Å². The van der Waals surface area contributed by atoms with Gasteiger partial charge in [0.25, 0.3) is 0 Å². The van der Waals surface area contributed by atoms with Gasteiger partial charge in [0.15, 0.2) is 0 Å². The van der Waals surface area contributed by atoms with Gasteiger partial charge in [-0.25, -0.2) is 4.79 Å². The summed E-state index contributed by atoms with van der Waals surface area (Å²) >= 11 is 0. The molecule has 0 aromatic heterocycles. The van der Waals surface area contributed by atoms with Crippen molar-refractivity contribution in [3.8, 4) is 0 Å². The quantitative estimate of drug-likeness (QED) is 0.655. The van der Waals surface area contributed by atoms with E-state index in [2.05, 4.69) is 17.0 Å². The van der Waals surface area contributed by atoms with E-state index in [0.29, 0.717) is 6.61 Å². The number of ether oxygens (including phenoxy) is 3. The van der Waals surface area contributed by atoms with Crippen LogP contribution < -0.4 is 5.32 Å². The van der Waals surface area contributed by atoms with Gasteiger partial charge in [0.1, 0.15) is 0 Å². The minimum absolute atomic E-state index is 0.0952. The third-order valence-corrected chi connectivity index (χ3v) is 3.30. The SMILES string of the molecule is CCCCCCCCC[C@@H]1CO[C@@H](NC(=O)OC)O1. The van der Waals surface area contributed by atoms with Crippen molar-refractivity contribution in [2.24, 2.45) is 0 Å². The summed E-state index contributed by atoms with van der Waals surface area (Å²) in [6.07, 6.45) is 8.95. The molecule has 5 heteroatoms. The summed E-state index contributed by atoms with van der Waals surface area (Å²) in [4.78, 5) is 11.0. The number of hydrogen-bond acceptors (Lipinski definition) is 4. The first-order valence-electron chi connectivity index (χ1n) is 7.37. The standard InChI is InChI=1S/C14H27NO4/c1-3-4-5-6-7-8-9-10-12-11-18-14(19-12)15-13(16)17-2/h12,14H,3-11H2,1-2H3,(H,15,16)/t12-,14-/m1/s1. The van der Waals surface area contributed by atoms with E-state index in [1.54, 1.807) is 0 Å². The monoisotopic (exact) mass is 273 g/mol. The second kappa shape index (κ2) is 10.0. The summed E-state index contributed by atoms with van der Waals surface area (Å²) in [6.45, 7) is 2.78. The molecule has 0 saturated carbocycles. The summed E-state index contributed by atoms with van der Waals surface area (Å²) in [7, 11) is 1.32. The Kier molecular flexibility index (Phi) is 8.58. The zero-order valence-corrected chi connectivity index (χ0v) is 12.2. The Morgan fingerprint density at radius 3 is 2.58 bits per heavy atom. The maximum atomic E-state index is 11.0. The van der Waals surface area contributed by atoms with Gasteiger partial charge in [-0.15, -0.1) is 0 Å². The second-order valence-corrected chi connectivity index (χ2v) is 4.97. The highest BCUT2D eigenvalue weighted by Gasteiger charge is 2.26. The van der Waals surface area contributed by atoms with Gasteiger partial charge in [0.05, 0.1) is 19.8 Å². The van der Waals surface area contributed by atoms with Crippen LogP contribution in [0.25, 0.3) is 0 Å². The summed E-state index contributed by atoms with van der Waals surface area (Å²) in [6, 6.07) is 0. The van der Waals surface area contributed by atoms with Gasteiger partial charge in [-0.1, -0.05) is 51.9 Å². The van der Waals surface area contributed by atoms with Crippen LogP contribution in [0.15, 0.2) is 0 Å². The molecule has 0 aromatic rings. The van der Waals surface area contributed by atoms with Crippen molar-refractivity contribution in [2.45, 2.75) is 70.8 Å². The van der Waals surface area contributed by atoms with Crippen molar-refractivity contribution in [2.75, 3.05) is 13.7 Å². The van der Waals surface area contributed by atoms with Crippen LogP contribution in [0.3, 0.4) is 0 Å². The molecule has 1 saturated heterocycles. The van der Waals surface area contributed by atoms with E-state index < -0.39 is 12.5 Å². The van der Waals surface area contributed by atoms with Crippen LogP contribution in [0, 0.1) is 0 Å². The van der Waals surface area contributed by atoms with E-state index >= 15 is 0 Å². The maximum absolute atomic E-state index is 11.0. The number of carbonyl (C=O) groups is 1. The van der Waals surface area contributed by atoms with Gasteiger partial charge < -0.3 is 14.2 Å². The van der Waals surface area contributed by atoms with E-state index in [1.807, 2.05) is 0 Å². The predicted molar refractivity (Wildman–Crippen MR) is 72.8 cm³/mol. The van der Waals surface area contributed by atoms with Gasteiger partial charge in [0, 0.05) is 0 Å². The van der Waals surface area contributed by atoms with E-state index in [1.165, 1.54) is 45.6 Å². The van der Waals surface area contributed by atoms with E-state index in [4.69, 9.17) is 9.47 Å². The number of methoxy groups -OCH3 is 1. The topological polar surface area (TPSA) is 56.8 Å². The molecule has 1 rings (SSSR count). The molecule has 1 N–H and O–H groups in total. The number of nitrogens with one attached hydrogen (secondary N) is 1. The third-order valence-electron chi connectivity index (χ3n) is 3.30. The summed E-state index contributed by atoms with van der Waals surface area (Å²) in [5.41, 5.74) is 0. The molecule has 112 valence electrons. The molecule has 0 aromatic carbocycles. The molecule has 1 fully saturated rings. The van der Waals surface area contributed by atoms with E-state index in [-0.39, 0.29) is 6.10 Å². The number of alkyl carbamates (subject to hydrolysis) is 1. The largest absolute Gasteiger partial charge is 0.453 e. The highest BCUT2D eigenvalue weighted by Crippen LogP contribution is 2.17. The van der Waals surface area contributed by atoms with Crippen LogP contribution in [0.4, 0.5) is 4.79 Å². The average molecular weight is 273 g/mol. The van der Waals surface area contributed by atoms with E-state index in [0.717, 1.165) is 12.8 Å². The highest BCUT2D eigenvalue weighted by atomic mass is 16.7. The van der Waals surface area contributed by atoms with Crippen LogP contribution in [0.5, 0.6) is 0 Å². The molecule has 19 heavy (non-hydrogen) atoms. The molecule has 0 bridgehead atoms. The van der Waals surface area contributed by atoms with Crippen LogP contribution in [-0.2, 0) is 14.2 Å². The summed E-state index contributed by atoms with van der Waals surface area (Å²) < 4.78 is 15.3. The molecule has 5 nitrogen and oxygen atoms in total. The first-order chi connectivity index (χ1) is 9.26. The van der Waals surface area contributed by atoms with Gasteiger partial charge in [-0.2, -0.15) is 0 Å². The zero-order chi connectivity index (χ0) is 13.9. The molecule has 2 atom stereocenters. The lowest BCUT2D eigenvalue weighted by molar-refractivity contribution is -0.0767. The van der Waals surface area contributed by atoms with Crippen molar-refractivity contribution < 1.29 is 19.0 Å². The second-order valence-electron chi connectivity index (χ2n) is 4.97. The predicted octanol–water partition coefficient (Wildman–Crippen LogP) is 3.18. The Balaban J connectivity index is 1.95. The fourth-order valence-corrected chi connectivity index (χ4v) is 2.16.